The Kier molecular flexibility index (Phi) is 5.95. The first kappa shape index (κ1) is 16.9. The van der Waals surface area contributed by atoms with Gasteiger partial charge in [0, 0.05) is 22.8 Å². The van der Waals surface area contributed by atoms with Crippen LogP contribution in [0.5, 0.6) is 0 Å². The van der Waals surface area contributed by atoms with Gasteiger partial charge < -0.3 is 5.11 Å². The topological polar surface area (TPSA) is 49.3 Å². The van der Waals surface area contributed by atoms with Gasteiger partial charge in [-0.15, -0.1) is 11.8 Å². The van der Waals surface area contributed by atoms with Crippen molar-refractivity contribution in [2.45, 2.75) is 43.7 Å². The van der Waals surface area contributed by atoms with Crippen LogP contribution in [0.3, 0.4) is 0 Å². The maximum atomic E-state index is 13.4. The second-order valence-electron chi connectivity index (χ2n) is 5.11. The minimum Gasteiger partial charge on any atom is -0.480 e. The van der Waals surface area contributed by atoms with Crippen molar-refractivity contribution in [1.29, 1.82) is 0 Å². The monoisotopic (exact) mass is 303 g/mol. The molecule has 112 valence electrons. The lowest BCUT2D eigenvalue weighted by molar-refractivity contribution is -0.144. The van der Waals surface area contributed by atoms with Crippen molar-refractivity contribution in [3.63, 3.8) is 0 Å². The van der Waals surface area contributed by atoms with E-state index in [1.165, 1.54) is 23.9 Å². The first-order chi connectivity index (χ1) is 9.24. The van der Waals surface area contributed by atoms with Crippen molar-refractivity contribution >= 4 is 17.7 Å². The Balaban J connectivity index is 2.63. The zero-order valence-electron chi connectivity index (χ0n) is 11.7. The molecule has 1 aromatic carbocycles. The first-order valence-electron chi connectivity index (χ1n) is 6.33. The van der Waals surface area contributed by atoms with Crippen LogP contribution < -0.4 is 5.32 Å². The van der Waals surface area contributed by atoms with Crippen molar-refractivity contribution in [3.8, 4) is 0 Å². The smallest absolute Gasteiger partial charge is 0.323 e. The average molecular weight is 303 g/mol. The molecule has 3 nitrogen and oxygen atoms in total. The highest BCUT2D eigenvalue weighted by Crippen LogP contribution is 2.25. The molecule has 0 aromatic heterocycles. The highest BCUT2D eigenvalue weighted by molar-refractivity contribution is 7.99. The van der Waals surface area contributed by atoms with Gasteiger partial charge in [-0.1, -0.05) is 0 Å². The number of benzene rings is 1. The van der Waals surface area contributed by atoms with Gasteiger partial charge in [0.25, 0.3) is 0 Å². The second-order valence-corrected chi connectivity index (χ2v) is 6.25. The van der Waals surface area contributed by atoms with Crippen molar-refractivity contribution in [2.24, 2.45) is 0 Å². The number of thioether (sulfide) groups is 1. The number of hydrogen-bond donors (Lipinski definition) is 2. The molecule has 1 atom stereocenters. The second kappa shape index (κ2) is 7.04. The molecular formula is C14H19F2NO2S. The van der Waals surface area contributed by atoms with Gasteiger partial charge in [-0.05, 0) is 39.3 Å². The fraction of sp³-hybridized carbons (Fsp3) is 0.500. The molecule has 0 aliphatic carbocycles. The summed E-state index contributed by atoms with van der Waals surface area (Å²) in [4.78, 5) is 11.6. The molecule has 1 unspecified atom stereocenters. The summed E-state index contributed by atoms with van der Waals surface area (Å²) in [6.45, 7) is 5.35. The fourth-order valence-corrected chi connectivity index (χ4v) is 2.93. The van der Waals surface area contributed by atoms with Crippen LogP contribution in [0.2, 0.25) is 0 Å². The lowest BCUT2D eigenvalue weighted by Gasteiger charge is -2.28. The number of carboxylic acids is 1. The van der Waals surface area contributed by atoms with E-state index in [-0.39, 0.29) is 6.04 Å². The predicted molar refractivity (Wildman–Crippen MR) is 76.0 cm³/mol. The molecule has 20 heavy (non-hydrogen) atoms. The third kappa shape index (κ3) is 4.76. The molecule has 0 spiro atoms. The summed E-state index contributed by atoms with van der Waals surface area (Å²) in [5.41, 5.74) is -1.06. The average Bonchev–Trinajstić information content (AvgIpc) is 2.30. The zero-order valence-corrected chi connectivity index (χ0v) is 12.6. The van der Waals surface area contributed by atoms with Crippen molar-refractivity contribution in [3.05, 3.63) is 29.8 Å². The van der Waals surface area contributed by atoms with E-state index in [4.69, 9.17) is 0 Å². The van der Waals surface area contributed by atoms with Crippen LogP contribution in [0.4, 0.5) is 8.78 Å². The number of halogens is 2. The van der Waals surface area contributed by atoms with Gasteiger partial charge in [-0.3, -0.25) is 10.1 Å². The molecule has 0 amide bonds. The van der Waals surface area contributed by atoms with Gasteiger partial charge in [-0.25, -0.2) is 8.78 Å². The molecule has 6 heteroatoms. The number of carboxylic acid groups (broad SMARTS) is 1. The third-order valence-corrected chi connectivity index (χ3v) is 3.88. The van der Waals surface area contributed by atoms with Crippen molar-refractivity contribution in [2.75, 3.05) is 5.75 Å². The highest BCUT2D eigenvalue weighted by atomic mass is 32.2. The Morgan fingerprint density at radius 1 is 1.45 bits per heavy atom. The Morgan fingerprint density at radius 3 is 2.60 bits per heavy atom. The SMILES string of the molecule is CC(C)NC(C)(CCSc1ccc(F)cc1F)C(=O)O. The van der Waals surface area contributed by atoms with Gasteiger partial charge in [-0.2, -0.15) is 0 Å². The summed E-state index contributed by atoms with van der Waals surface area (Å²) in [7, 11) is 0. The molecule has 0 radical (unpaired) electrons. The lowest BCUT2D eigenvalue weighted by Crippen LogP contribution is -2.52. The Hall–Kier alpha value is -1.14. The first-order valence-corrected chi connectivity index (χ1v) is 7.32. The minimum absolute atomic E-state index is 0.0312. The molecule has 0 aliphatic rings. The van der Waals surface area contributed by atoms with Crippen molar-refractivity contribution < 1.29 is 18.7 Å². The van der Waals surface area contributed by atoms with Crippen LogP contribution in [0, 0.1) is 11.6 Å². The fourth-order valence-electron chi connectivity index (χ4n) is 1.84. The molecule has 0 aliphatic heterocycles. The number of aliphatic carboxylic acids is 1. The van der Waals surface area contributed by atoms with E-state index < -0.39 is 23.1 Å². The van der Waals surface area contributed by atoms with Gasteiger partial charge in [0.1, 0.15) is 17.2 Å². The largest absolute Gasteiger partial charge is 0.480 e. The molecule has 0 fully saturated rings. The van der Waals surface area contributed by atoms with E-state index in [1.54, 1.807) is 6.92 Å². The number of hydrogen-bond acceptors (Lipinski definition) is 3. The molecule has 0 heterocycles. The summed E-state index contributed by atoms with van der Waals surface area (Å²) in [5.74, 6) is -1.76. The summed E-state index contributed by atoms with van der Waals surface area (Å²) >= 11 is 1.18. The Labute approximate surface area is 121 Å². The van der Waals surface area contributed by atoms with Crippen LogP contribution in [0.15, 0.2) is 23.1 Å². The van der Waals surface area contributed by atoms with Crippen molar-refractivity contribution in [1.82, 2.24) is 5.32 Å². The molecule has 1 rings (SSSR count). The van der Waals surface area contributed by atoms with Crippen LogP contribution in [0.25, 0.3) is 0 Å². The van der Waals surface area contributed by atoms with E-state index in [9.17, 15) is 18.7 Å². The maximum absolute atomic E-state index is 13.4. The minimum atomic E-state index is -1.06. The zero-order chi connectivity index (χ0) is 15.3. The number of nitrogens with one attached hydrogen (secondary N) is 1. The van der Waals surface area contributed by atoms with Gasteiger partial charge in [0.05, 0.1) is 0 Å². The summed E-state index contributed by atoms with van der Waals surface area (Å²) in [5, 5.41) is 12.3. The molecule has 2 N–H and O–H groups in total. The van der Waals surface area contributed by atoms with Gasteiger partial charge >= 0.3 is 5.97 Å². The Morgan fingerprint density at radius 2 is 2.10 bits per heavy atom. The quantitative estimate of drug-likeness (QED) is 0.759. The predicted octanol–water partition coefficient (Wildman–Crippen LogP) is 3.29. The van der Waals surface area contributed by atoms with E-state index in [1.807, 2.05) is 13.8 Å². The number of carbonyl (C=O) groups is 1. The third-order valence-electron chi connectivity index (χ3n) is 2.83. The van der Waals surface area contributed by atoms with Crippen LogP contribution >= 0.6 is 11.8 Å². The van der Waals surface area contributed by atoms with Gasteiger partial charge in [0.15, 0.2) is 0 Å². The van der Waals surface area contributed by atoms with Gasteiger partial charge in [0.2, 0.25) is 0 Å². The highest BCUT2D eigenvalue weighted by Gasteiger charge is 2.32. The Bertz CT molecular complexity index is 482. The van der Waals surface area contributed by atoms with E-state index in [0.717, 1.165) is 6.07 Å². The normalized spacial score (nSPS) is 14.3. The van der Waals surface area contributed by atoms with Crippen LogP contribution in [-0.2, 0) is 4.79 Å². The van der Waals surface area contributed by atoms with Crippen LogP contribution in [-0.4, -0.2) is 28.4 Å². The maximum Gasteiger partial charge on any atom is 0.323 e. The molecule has 0 saturated heterocycles. The summed E-state index contributed by atoms with van der Waals surface area (Å²) < 4.78 is 26.2. The lowest BCUT2D eigenvalue weighted by atomic mass is 9.98. The molecule has 0 bridgehead atoms. The molecule has 0 saturated carbocycles. The number of rotatable bonds is 7. The van der Waals surface area contributed by atoms with E-state index in [2.05, 4.69) is 5.32 Å². The van der Waals surface area contributed by atoms with E-state index in [0.29, 0.717) is 17.1 Å². The molecular weight excluding hydrogens is 284 g/mol. The summed E-state index contributed by atoms with van der Waals surface area (Å²) in [6.07, 6.45) is 0.335. The van der Waals surface area contributed by atoms with E-state index >= 15 is 0 Å². The van der Waals surface area contributed by atoms with Crippen LogP contribution in [0.1, 0.15) is 27.2 Å². The standard InChI is InChI=1S/C14H19F2NO2S/c1-9(2)17-14(3,13(18)19)6-7-20-12-5-4-10(15)8-11(12)16/h4-5,8-9,17H,6-7H2,1-3H3,(H,18,19). The molecule has 1 aromatic rings. The summed E-state index contributed by atoms with van der Waals surface area (Å²) in [6, 6.07) is 3.41.